The van der Waals surface area contributed by atoms with E-state index in [0.717, 1.165) is 50.2 Å². The Morgan fingerprint density at radius 3 is 2.46 bits per heavy atom. The highest BCUT2D eigenvalue weighted by molar-refractivity contribution is 5.88. The van der Waals surface area contributed by atoms with Crippen LogP contribution in [-0.4, -0.2) is 26.4 Å². The molecule has 176 valence electrons. The van der Waals surface area contributed by atoms with E-state index in [1.165, 1.54) is 0 Å². The highest BCUT2D eigenvalue weighted by atomic mass is 16.5. The van der Waals surface area contributed by atoms with Gasteiger partial charge in [0.25, 0.3) is 0 Å². The molecule has 0 spiro atoms. The third-order valence-electron chi connectivity index (χ3n) is 6.01. The number of para-hydroxylation sites is 1. The number of fused-ring (bicyclic) bond motifs is 1. The van der Waals surface area contributed by atoms with Gasteiger partial charge in [-0.15, -0.1) is 5.10 Å². The number of aryl methyl sites for hydroxylation is 3. The number of hydrogen-bond acceptors (Lipinski definition) is 5. The van der Waals surface area contributed by atoms with Gasteiger partial charge in [0.2, 0.25) is 11.4 Å². The first kappa shape index (κ1) is 22.4. The Morgan fingerprint density at radius 1 is 0.943 bits per heavy atom. The highest BCUT2D eigenvalue weighted by Gasteiger charge is 2.13. The highest BCUT2D eigenvalue weighted by Crippen LogP contribution is 2.31. The summed E-state index contributed by atoms with van der Waals surface area (Å²) in [5.41, 5.74) is 6.58. The van der Waals surface area contributed by atoms with Crippen molar-refractivity contribution in [2.75, 3.05) is 7.11 Å². The molecule has 0 fully saturated rings. The van der Waals surface area contributed by atoms with E-state index in [9.17, 15) is 4.79 Å². The second-order valence-corrected chi connectivity index (χ2v) is 8.56. The number of aromatic nitrogens is 4. The van der Waals surface area contributed by atoms with Gasteiger partial charge in [0.1, 0.15) is 17.9 Å². The molecule has 0 aliphatic heterocycles. The minimum atomic E-state index is -0.0604. The van der Waals surface area contributed by atoms with E-state index in [1.54, 1.807) is 41.7 Å². The van der Waals surface area contributed by atoms with Crippen LogP contribution >= 0.6 is 0 Å². The molecule has 5 aromatic rings. The smallest absolute Gasteiger partial charge is 0.250 e. The zero-order valence-electron chi connectivity index (χ0n) is 20.1. The number of benzene rings is 2. The Morgan fingerprint density at radius 2 is 1.71 bits per heavy atom. The molecular weight excluding hydrogens is 440 g/mol. The molecule has 35 heavy (non-hydrogen) atoms. The van der Waals surface area contributed by atoms with Crippen molar-refractivity contribution in [3.05, 3.63) is 94.5 Å². The number of rotatable bonds is 6. The number of methoxy groups -OCH3 is 1. The number of pyridine rings is 2. The van der Waals surface area contributed by atoms with Crippen molar-refractivity contribution in [1.82, 2.24) is 19.3 Å². The van der Waals surface area contributed by atoms with Gasteiger partial charge in [-0.05, 0) is 36.2 Å². The van der Waals surface area contributed by atoms with E-state index >= 15 is 0 Å². The molecule has 3 aromatic heterocycles. The normalized spacial score (nSPS) is 11.1. The predicted octanol–water partition coefficient (Wildman–Crippen LogP) is 4.90. The molecule has 0 bridgehead atoms. The van der Waals surface area contributed by atoms with Gasteiger partial charge < -0.3 is 14.0 Å². The van der Waals surface area contributed by atoms with Crippen LogP contribution in [0.3, 0.4) is 0 Å². The van der Waals surface area contributed by atoms with E-state index in [4.69, 9.17) is 14.5 Å². The van der Waals surface area contributed by atoms with E-state index in [0.29, 0.717) is 12.5 Å². The summed E-state index contributed by atoms with van der Waals surface area (Å²) in [6.45, 7) is 2.44. The molecule has 0 N–H and O–H groups in total. The Labute approximate surface area is 203 Å². The molecule has 7 heteroatoms. The van der Waals surface area contributed by atoms with Gasteiger partial charge in [-0.1, -0.05) is 36.4 Å². The van der Waals surface area contributed by atoms with E-state index < -0.39 is 0 Å². The van der Waals surface area contributed by atoms with Gasteiger partial charge in [0.05, 0.1) is 18.4 Å². The number of ether oxygens (including phenoxy) is 2. The summed E-state index contributed by atoms with van der Waals surface area (Å²) in [6.07, 6.45) is 3.68. The van der Waals surface area contributed by atoms with Crippen molar-refractivity contribution in [2.45, 2.75) is 13.5 Å². The quantitative estimate of drug-likeness (QED) is 0.356. The van der Waals surface area contributed by atoms with Crippen LogP contribution in [0.25, 0.3) is 33.3 Å². The van der Waals surface area contributed by atoms with Gasteiger partial charge >= 0.3 is 0 Å². The first-order chi connectivity index (χ1) is 16.9. The van der Waals surface area contributed by atoms with Gasteiger partial charge in [0, 0.05) is 49.1 Å². The Balaban J connectivity index is 1.38. The van der Waals surface area contributed by atoms with E-state index in [1.807, 2.05) is 43.6 Å². The van der Waals surface area contributed by atoms with Crippen LogP contribution in [0.2, 0.25) is 0 Å². The molecule has 0 aliphatic rings. The van der Waals surface area contributed by atoms with Gasteiger partial charge in [0.15, 0.2) is 0 Å². The fraction of sp³-hybridized carbons (Fsp3) is 0.179. The standard InChI is InChI=1S/C28H26N4O3/c1-18-14-21-6-5-7-24(34-4)27(21)29-26(18)20-10-8-19(9-11-20)17-35-28-23(16-32(3)30-28)22-12-13-25(33)31(2)15-22/h5-16H,17H2,1-4H3. The Hall–Kier alpha value is -4.39. The molecule has 0 saturated carbocycles. The summed E-state index contributed by atoms with van der Waals surface area (Å²) in [6, 6.07) is 19.6. The van der Waals surface area contributed by atoms with E-state index in [-0.39, 0.29) is 5.56 Å². The summed E-state index contributed by atoms with van der Waals surface area (Å²) in [5, 5.41) is 5.52. The SMILES string of the molecule is COc1cccc2cc(C)c(-c3ccc(COc4nn(C)cc4-c4ccc(=O)n(C)c4)cc3)nc12. The molecule has 0 atom stereocenters. The van der Waals surface area contributed by atoms with Crippen LogP contribution in [0, 0.1) is 6.92 Å². The lowest BCUT2D eigenvalue weighted by atomic mass is 10.0. The minimum Gasteiger partial charge on any atom is -0.494 e. The van der Waals surface area contributed by atoms with Crippen LogP contribution < -0.4 is 15.0 Å². The van der Waals surface area contributed by atoms with Crippen LogP contribution in [0.1, 0.15) is 11.1 Å². The molecule has 7 nitrogen and oxygen atoms in total. The maximum absolute atomic E-state index is 11.8. The Kier molecular flexibility index (Phi) is 5.82. The van der Waals surface area contributed by atoms with Crippen LogP contribution in [0.15, 0.2) is 77.9 Å². The maximum Gasteiger partial charge on any atom is 0.250 e. The molecule has 3 heterocycles. The van der Waals surface area contributed by atoms with Crippen LogP contribution in [-0.2, 0) is 20.7 Å². The molecule has 0 amide bonds. The number of hydrogen-bond donors (Lipinski definition) is 0. The molecular formula is C28H26N4O3. The van der Waals surface area contributed by atoms with Crippen LogP contribution in [0.5, 0.6) is 11.6 Å². The summed E-state index contributed by atoms with van der Waals surface area (Å²) in [4.78, 5) is 16.7. The lowest BCUT2D eigenvalue weighted by Gasteiger charge is -2.11. The fourth-order valence-corrected chi connectivity index (χ4v) is 4.17. The first-order valence-corrected chi connectivity index (χ1v) is 11.3. The van der Waals surface area contributed by atoms with Crippen molar-refractivity contribution in [1.29, 1.82) is 0 Å². The summed E-state index contributed by atoms with van der Waals surface area (Å²) in [5.74, 6) is 1.28. The zero-order chi connectivity index (χ0) is 24.5. The zero-order valence-corrected chi connectivity index (χ0v) is 20.1. The monoisotopic (exact) mass is 466 g/mol. The molecule has 0 saturated heterocycles. The van der Waals surface area contributed by atoms with Gasteiger partial charge in [-0.25, -0.2) is 4.98 Å². The van der Waals surface area contributed by atoms with Crippen molar-refractivity contribution in [3.8, 4) is 34.0 Å². The summed E-state index contributed by atoms with van der Waals surface area (Å²) >= 11 is 0. The van der Waals surface area contributed by atoms with Crippen molar-refractivity contribution in [3.63, 3.8) is 0 Å². The lowest BCUT2D eigenvalue weighted by molar-refractivity contribution is 0.292. The topological polar surface area (TPSA) is 71.2 Å². The second-order valence-electron chi connectivity index (χ2n) is 8.56. The van der Waals surface area contributed by atoms with Gasteiger partial charge in [-0.3, -0.25) is 9.48 Å². The molecule has 5 rings (SSSR count). The van der Waals surface area contributed by atoms with Crippen molar-refractivity contribution >= 4 is 10.9 Å². The lowest BCUT2D eigenvalue weighted by Crippen LogP contribution is -2.13. The number of nitrogens with zero attached hydrogens (tertiary/aromatic N) is 4. The average Bonchev–Trinajstić information content (AvgIpc) is 3.24. The third-order valence-corrected chi connectivity index (χ3v) is 6.01. The molecule has 2 aromatic carbocycles. The van der Waals surface area contributed by atoms with E-state index in [2.05, 4.69) is 30.2 Å². The maximum atomic E-state index is 11.8. The van der Waals surface area contributed by atoms with Gasteiger partial charge in [-0.2, -0.15) is 0 Å². The van der Waals surface area contributed by atoms with Crippen molar-refractivity contribution in [2.24, 2.45) is 14.1 Å². The summed E-state index contributed by atoms with van der Waals surface area (Å²) < 4.78 is 14.8. The third kappa shape index (κ3) is 4.40. The average molecular weight is 467 g/mol. The molecule has 0 radical (unpaired) electrons. The minimum absolute atomic E-state index is 0.0604. The largest absolute Gasteiger partial charge is 0.494 e. The van der Waals surface area contributed by atoms with Crippen molar-refractivity contribution < 1.29 is 9.47 Å². The summed E-state index contributed by atoms with van der Waals surface area (Å²) in [7, 11) is 5.24. The Bertz CT molecular complexity index is 1580. The molecule has 0 aliphatic carbocycles. The van der Waals surface area contributed by atoms with Crippen LogP contribution in [0.4, 0.5) is 0 Å². The first-order valence-electron chi connectivity index (χ1n) is 11.3. The predicted molar refractivity (Wildman–Crippen MR) is 137 cm³/mol. The fourth-order valence-electron chi connectivity index (χ4n) is 4.17. The molecule has 0 unspecified atom stereocenters. The second kappa shape index (κ2) is 9.10.